The first-order chi connectivity index (χ1) is 14.1. The van der Waals surface area contributed by atoms with Crippen molar-refractivity contribution in [3.8, 4) is 5.75 Å². The molecule has 0 radical (unpaired) electrons. The molecule has 1 atom stereocenters. The van der Waals surface area contributed by atoms with Gasteiger partial charge in [-0.05, 0) is 19.4 Å². The van der Waals surface area contributed by atoms with Crippen molar-refractivity contribution in [2.24, 2.45) is 0 Å². The van der Waals surface area contributed by atoms with Gasteiger partial charge in [0.25, 0.3) is 5.91 Å². The van der Waals surface area contributed by atoms with Crippen molar-refractivity contribution in [3.63, 3.8) is 0 Å². The van der Waals surface area contributed by atoms with Crippen molar-refractivity contribution in [2.45, 2.75) is 32.0 Å². The molecule has 1 saturated heterocycles. The largest absolute Gasteiger partial charge is 0.496 e. The first-order valence-electron chi connectivity index (χ1n) is 9.51. The van der Waals surface area contributed by atoms with E-state index >= 15 is 0 Å². The second-order valence-corrected chi connectivity index (χ2v) is 6.99. The Bertz CT molecular complexity index is 1040. The molecule has 1 aromatic carbocycles. The van der Waals surface area contributed by atoms with Crippen LogP contribution >= 0.6 is 0 Å². The molecule has 0 spiro atoms. The maximum absolute atomic E-state index is 12.6. The van der Waals surface area contributed by atoms with Crippen molar-refractivity contribution in [3.05, 3.63) is 42.0 Å². The molecular formula is C20H24N6O3. The minimum absolute atomic E-state index is 0.216. The van der Waals surface area contributed by atoms with Crippen molar-refractivity contribution in [2.75, 3.05) is 26.1 Å². The number of hydrogen-bond donors (Lipinski definition) is 2. The lowest BCUT2D eigenvalue weighted by atomic mass is 10.1. The average molecular weight is 396 g/mol. The molecule has 152 valence electrons. The summed E-state index contributed by atoms with van der Waals surface area (Å²) >= 11 is 0. The molecule has 0 aliphatic carbocycles. The molecule has 1 aliphatic heterocycles. The van der Waals surface area contributed by atoms with E-state index in [-0.39, 0.29) is 5.91 Å². The lowest BCUT2D eigenvalue weighted by Crippen LogP contribution is -2.47. The number of likely N-dealkylation sites (N-methyl/N-ethyl adjacent to an activating group) is 1. The Labute approximate surface area is 168 Å². The number of anilines is 1. The maximum atomic E-state index is 12.6. The number of aromatic nitrogens is 4. The fourth-order valence-corrected chi connectivity index (χ4v) is 3.75. The van der Waals surface area contributed by atoms with Gasteiger partial charge in [0, 0.05) is 25.6 Å². The summed E-state index contributed by atoms with van der Waals surface area (Å²) in [6.45, 7) is 3.06. The summed E-state index contributed by atoms with van der Waals surface area (Å²) in [4.78, 5) is 25.8. The normalized spacial score (nSPS) is 18.7. The Morgan fingerprint density at radius 2 is 2.21 bits per heavy atom. The number of imidazole rings is 1. The SMILES string of the molecule is CNC(=O)C1(n2cnc3c(NCc4cc(C)ccc4OC)ncnc32)CCCO1. The molecule has 9 nitrogen and oxygen atoms in total. The van der Waals surface area contributed by atoms with Crippen LogP contribution in [-0.4, -0.2) is 46.2 Å². The molecule has 0 bridgehead atoms. The van der Waals surface area contributed by atoms with Crippen LogP contribution in [0.15, 0.2) is 30.9 Å². The number of rotatable bonds is 6. The Morgan fingerprint density at radius 3 is 2.93 bits per heavy atom. The van der Waals surface area contributed by atoms with Crippen LogP contribution in [0.4, 0.5) is 5.82 Å². The Kier molecular flexibility index (Phi) is 5.06. The van der Waals surface area contributed by atoms with Crippen LogP contribution in [0.3, 0.4) is 0 Å². The quantitative estimate of drug-likeness (QED) is 0.656. The van der Waals surface area contributed by atoms with Gasteiger partial charge >= 0.3 is 0 Å². The summed E-state index contributed by atoms with van der Waals surface area (Å²) in [6.07, 6.45) is 4.41. The predicted octanol–water partition coefficient (Wildman–Crippen LogP) is 1.96. The number of methoxy groups -OCH3 is 1. The maximum Gasteiger partial charge on any atom is 0.273 e. The topological polar surface area (TPSA) is 103 Å². The number of nitrogens with one attached hydrogen (secondary N) is 2. The molecule has 3 heterocycles. The third-order valence-electron chi connectivity index (χ3n) is 5.19. The number of amides is 1. The molecule has 1 aliphatic rings. The Hall–Kier alpha value is -3.20. The van der Waals surface area contributed by atoms with Crippen LogP contribution in [0, 0.1) is 6.92 Å². The Morgan fingerprint density at radius 1 is 1.34 bits per heavy atom. The van der Waals surface area contributed by atoms with E-state index in [2.05, 4.69) is 31.7 Å². The van der Waals surface area contributed by atoms with Crippen molar-refractivity contribution < 1.29 is 14.3 Å². The van der Waals surface area contributed by atoms with Crippen molar-refractivity contribution in [1.82, 2.24) is 24.8 Å². The van der Waals surface area contributed by atoms with Gasteiger partial charge in [-0.1, -0.05) is 17.7 Å². The molecule has 2 aromatic heterocycles. The van der Waals surface area contributed by atoms with Gasteiger partial charge in [-0.25, -0.2) is 15.0 Å². The van der Waals surface area contributed by atoms with Crippen LogP contribution in [-0.2, 0) is 21.8 Å². The molecule has 3 aromatic rings. The van der Waals surface area contributed by atoms with Gasteiger partial charge in [0.1, 0.15) is 18.4 Å². The molecule has 1 unspecified atom stereocenters. The summed E-state index contributed by atoms with van der Waals surface area (Å²) in [6, 6.07) is 6.02. The fraction of sp³-hybridized carbons (Fsp3) is 0.400. The van der Waals surface area contributed by atoms with Crippen LogP contribution in [0.1, 0.15) is 24.0 Å². The monoisotopic (exact) mass is 396 g/mol. The van der Waals surface area contributed by atoms with Crippen molar-refractivity contribution in [1.29, 1.82) is 0 Å². The second kappa shape index (κ2) is 7.67. The molecule has 29 heavy (non-hydrogen) atoms. The number of benzene rings is 1. The predicted molar refractivity (Wildman–Crippen MR) is 108 cm³/mol. The minimum atomic E-state index is -1.13. The number of carbonyl (C=O) groups is 1. The highest BCUT2D eigenvalue weighted by atomic mass is 16.5. The van der Waals surface area contributed by atoms with Gasteiger partial charge in [0.05, 0.1) is 13.7 Å². The highest BCUT2D eigenvalue weighted by Gasteiger charge is 2.45. The minimum Gasteiger partial charge on any atom is -0.496 e. The molecule has 0 saturated carbocycles. The van der Waals surface area contributed by atoms with E-state index in [1.165, 1.54) is 6.33 Å². The molecule has 2 N–H and O–H groups in total. The molecule has 9 heteroatoms. The van der Waals surface area contributed by atoms with Gasteiger partial charge in [-0.3, -0.25) is 9.36 Å². The average Bonchev–Trinajstić information content (AvgIpc) is 3.39. The van der Waals surface area contributed by atoms with E-state index in [4.69, 9.17) is 9.47 Å². The highest BCUT2D eigenvalue weighted by molar-refractivity contribution is 5.88. The van der Waals surface area contributed by atoms with Gasteiger partial charge in [0.15, 0.2) is 17.0 Å². The summed E-state index contributed by atoms with van der Waals surface area (Å²) < 4.78 is 13.0. The molecule has 1 amide bonds. The van der Waals surface area contributed by atoms with Gasteiger partial charge in [-0.2, -0.15) is 0 Å². The highest BCUT2D eigenvalue weighted by Crippen LogP contribution is 2.34. The number of nitrogens with zero attached hydrogens (tertiary/aromatic N) is 4. The zero-order valence-electron chi connectivity index (χ0n) is 16.7. The van der Waals surface area contributed by atoms with Crippen LogP contribution in [0.2, 0.25) is 0 Å². The summed E-state index contributed by atoms with van der Waals surface area (Å²) in [5.41, 5.74) is 2.15. The fourth-order valence-electron chi connectivity index (χ4n) is 3.75. The first-order valence-corrected chi connectivity index (χ1v) is 9.51. The Balaban J connectivity index is 1.68. The standard InChI is InChI=1S/C20H24N6O3/c1-13-5-6-15(28-3)14(9-13)10-22-17-16-18(24-11-23-17)26(12-25-16)20(19(27)21-2)7-4-8-29-20/h5-6,9,11-12H,4,7-8,10H2,1-3H3,(H,21,27)(H,22,23,24). The lowest BCUT2D eigenvalue weighted by Gasteiger charge is -2.27. The van der Waals surface area contributed by atoms with E-state index < -0.39 is 5.72 Å². The first kappa shape index (κ1) is 19.1. The van der Waals surface area contributed by atoms with E-state index in [0.29, 0.717) is 36.6 Å². The number of carbonyl (C=O) groups excluding carboxylic acids is 1. The number of fused-ring (bicyclic) bond motifs is 1. The summed E-state index contributed by atoms with van der Waals surface area (Å²) in [5.74, 6) is 1.17. The third kappa shape index (κ3) is 3.27. The third-order valence-corrected chi connectivity index (χ3v) is 5.19. The molecule has 4 rings (SSSR count). The molecule has 1 fully saturated rings. The van der Waals surface area contributed by atoms with E-state index in [1.807, 2.05) is 19.1 Å². The van der Waals surface area contributed by atoms with Crippen LogP contribution < -0.4 is 15.4 Å². The van der Waals surface area contributed by atoms with Crippen LogP contribution in [0.25, 0.3) is 11.2 Å². The van der Waals surface area contributed by atoms with E-state index in [9.17, 15) is 4.79 Å². The van der Waals surface area contributed by atoms with Gasteiger partial charge in [-0.15, -0.1) is 0 Å². The van der Waals surface area contributed by atoms with E-state index in [1.54, 1.807) is 25.1 Å². The van der Waals surface area contributed by atoms with Crippen LogP contribution in [0.5, 0.6) is 5.75 Å². The number of hydrogen-bond acceptors (Lipinski definition) is 7. The van der Waals surface area contributed by atoms with Crippen molar-refractivity contribution >= 4 is 22.9 Å². The summed E-state index contributed by atoms with van der Waals surface area (Å²) in [5, 5.41) is 6.01. The smallest absolute Gasteiger partial charge is 0.273 e. The number of ether oxygens (including phenoxy) is 2. The van der Waals surface area contributed by atoms with Gasteiger partial charge in [0.2, 0.25) is 5.72 Å². The zero-order valence-corrected chi connectivity index (χ0v) is 16.7. The van der Waals surface area contributed by atoms with Gasteiger partial charge < -0.3 is 20.1 Å². The molecular weight excluding hydrogens is 372 g/mol. The van der Waals surface area contributed by atoms with E-state index in [0.717, 1.165) is 23.3 Å². The zero-order chi connectivity index (χ0) is 20.4. The second-order valence-electron chi connectivity index (χ2n) is 6.99. The lowest BCUT2D eigenvalue weighted by molar-refractivity contribution is -0.152. The number of aryl methyl sites for hydroxylation is 1. The summed E-state index contributed by atoms with van der Waals surface area (Å²) in [7, 11) is 3.25.